The quantitative estimate of drug-likeness (QED) is 0.728. The van der Waals surface area contributed by atoms with Crippen LogP contribution in [0.1, 0.15) is 25.3 Å². The van der Waals surface area contributed by atoms with Crippen LogP contribution in [-0.4, -0.2) is 57.6 Å². The molecule has 3 heterocycles. The highest BCUT2D eigenvalue weighted by atomic mass is 32.2. The first kappa shape index (κ1) is 19.1. The Kier molecular flexibility index (Phi) is 5.84. The van der Waals surface area contributed by atoms with Crippen molar-refractivity contribution in [2.45, 2.75) is 24.7 Å². The zero-order valence-electron chi connectivity index (χ0n) is 15.8. The summed E-state index contributed by atoms with van der Waals surface area (Å²) in [5.41, 5.74) is 0.889. The summed E-state index contributed by atoms with van der Waals surface area (Å²) in [5, 5.41) is 0.549. The summed E-state index contributed by atoms with van der Waals surface area (Å²) in [5.74, 6) is 1.13. The predicted octanol–water partition coefficient (Wildman–Crippen LogP) is 1.18. The van der Waals surface area contributed by atoms with Gasteiger partial charge in [0.2, 0.25) is 0 Å². The van der Waals surface area contributed by atoms with E-state index in [1.165, 1.54) is 16.2 Å². The molecular formula is C18H26N4O3S. The molecule has 8 heteroatoms. The molecule has 0 atom stereocenters. The maximum atomic E-state index is 12.8. The molecule has 1 fully saturated rings. The minimum Gasteiger partial charge on any atom is -0.379 e. The van der Waals surface area contributed by atoms with Crippen LogP contribution in [0.15, 0.2) is 20.7 Å². The molecular weight excluding hydrogens is 352 g/mol. The van der Waals surface area contributed by atoms with Crippen LogP contribution in [-0.2, 0) is 18.8 Å². The first-order valence-corrected chi connectivity index (χ1v) is 9.92. The average molecular weight is 378 g/mol. The Bertz CT molecular complexity index is 913. The Balaban J connectivity index is 2.01. The monoisotopic (exact) mass is 378 g/mol. The summed E-state index contributed by atoms with van der Waals surface area (Å²) < 4.78 is 8.01. The third kappa shape index (κ3) is 3.58. The zero-order chi connectivity index (χ0) is 18.8. The lowest BCUT2D eigenvalue weighted by Gasteiger charge is -2.26. The lowest BCUT2D eigenvalue weighted by molar-refractivity contribution is 0.0410. The van der Waals surface area contributed by atoms with Gasteiger partial charge in [0.15, 0.2) is 0 Å². The standard InChI is InChI=1S/C18H26N4O3S/c1-12(2)13-11-19-16-14(17(23)21(4)18(24)20(16)3)15(13)26-10-7-22-5-8-25-9-6-22/h11-12H,5-10H2,1-4H3. The highest BCUT2D eigenvalue weighted by Crippen LogP contribution is 2.32. The molecule has 0 bridgehead atoms. The Hall–Kier alpha value is -1.64. The molecule has 1 aliphatic rings. The number of morpholine rings is 1. The summed E-state index contributed by atoms with van der Waals surface area (Å²) in [6.45, 7) is 8.60. The van der Waals surface area contributed by atoms with E-state index in [-0.39, 0.29) is 17.2 Å². The van der Waals surface area contributed by atoms with Crippen molar-refractivity contribution in [1.82, 2.24) is 19.0 Å². The number of aromatic nitrogens is 3. The van der Waals surface area contributed by atoms with Gasteiger partial charge in [-0.05, 0) is 11.5 Å². The second kappa shape index (κ2) is 7.94. The third-order valence-corrected chi connectivity index (χ3v) is 5.94. The number of aryl methyl sites for hydroxylation is 1. The SMILES string of the molecule is CC(C)c1cnc2c(c1SCCN1CCOCC1)c(=O)n(C)c(=O)n2C. The zero-order valence-corrected chi connectivity index (χ0v) is 16.6. The average Bonchev–Trinajstić information content (AvgIpc) is 2.64. The van der Waals surface area contributed by atoms with Gasteiger partial charge >= 0.3 is 5.69 Å². The van der Waals surface area contributed by atoms with Crippen molar-refractivity contribution in [1.29, 1.82) is 0 Å². The van der Waals surface area contributed by atoms with Crippen molar-refractivity contribution in [2.75, 3.05) is 38.6 Å². The highest BCUT2D eigenvalue weighted by molar-refractivity contribution is 7.99. The van der Waals surface area contributed by atoms with Gasteiger partial charge in [-0.3, -0.25) is 18.8 Å². The molecule has 2 aromatic heterocycles. The number of ether oxygens (including phenoxy) is 1. The molecule has 0 aliphatic carbocycles. The maximum Gasteiger partial charge on any atom is 0.332 e. The molecule has 142 valence electrons. The Morgan fingerprint density at radius 3 is 2.54 bits per heavy atom. The Labute approximate surface area is 157 Å². The third-order valence-electron chi connectivity index (χ3n) is 4.83. The molecule has 0 spiro atoms. The van der Waals surface area contributed by atoms with Crippen LogP contribution >= 0.6 is 11.8 Å². The number of fused-ring (bicyclic) bond motifs is 1. The van der Waals surface area contributed by atoms with Gasteiger partial charge < -0.3 is 4.74 Å². The molecule has 7 nitrogen and oxygen atoms in total. The first-order valence-electron chi connectivity index (χ1n) is 8.93. The minimum atomic E-state index is -0.350. The smallest absolute Gasteiger partial charge is 0.332 e. The normalized spacial score (nSPS) is 15.9. The minimum absolute atomic E-state index is 0.250. The van der Waals surface area contributed by atoms with Crippen molar-refractivity contribution in [2.24, 2.45) is 14.1 Å². The van der Waals surface area contributed by atoms with E-state index in [2.05, 4.69) is 23.7 Å². The van der Waals surface area contributed by atoms with E-state index in [0.29, 0.717) is 11.0 Å². The number of hydrogen-bond donors (Lipinski definition) is 0. The molecule has 1 saturated heterocycles. The van der Waals surface area contributed by atoms with Gasteiger partial charge in [0.1, 0.15) is 5.65 Å². The van der Waals surface area contributed by atoms with Crippen molar-refractivity contribution in [3.8, 4) is 0 Å². The van der Waals surface area contributed by atoms with Gasteiger partial charge in [-0.25, -0.2) is 9.78 Å². The number of nitrogens with zero attached hydrogens (tertiary/aromatic N) is 4. The number of hydrogen-bond acceptors (Lipinski definition) is 6. The van der Waals surface area contributed by atoms with E-state index in [1.54, 1.807) is 18.8 Å². The van der Waals surface area contributed by atoms with E-state index in [4.69, 9.17) is 4.74 Å². The van der Waals surface area contributed by atoms with Crippen LogP contribution in [0.3, 0.4) is 0 Å². The molecule has 26 heavy (non-hydrogen) atoms. The van der Waals surface area contributed by atoms with Crippen LogP contribution in [0.5, 0.6) is 0 Å². The number of thioether (sulfide) groups is 1. The highest BCUT2D eigenvalue weighted by Gasteiger charge is 2.19. The second-order valence-electron chi connectivity index (χ2n) is 6.90. The van der Waals surface area contributed by atoms with Crippen LogP contribution in [0, 0.1) is 0 Å². The van der Waals surface area contributed by atoms with E-state index < -0.39 is 0 Å². The lowest BCUT2D eigenvalue weighted by atomic mass is 10.0. The fourth-order valence-electron chi connectivity index (χ4n) is 3.19. The van der Waals surface area contributed by atoms with Crippen LogP contribution in [0.25, 0.3) is 11.0 Å². The molecule has 2 aromatic rings. The lowest BCUT2D eigenvalue weighted by Crippen LogP contribution is -2.38. The molecule has 0 radical (unpaired) electrons. The predicted molar refractivity (Wildman–Crippen MR) is 104 cm³/mol. The van der Waals surface area contributed by atoms with E-state index >= 15 is 0 Å². The van der Waals surface area contributed by atoms with Crippen LogP contribution in [0.2, 0.25) is 0 Å². The van der Waals surface area contributed by atoms with Gasteiger partial charge in [0.25, 0.3) is 5.56 Å². The number of pyridine rings is 1. The fourth-order valence-corrected chi connectivity index (χ4v) is 4.52. The summed E-state index contributed by atoms with van der Waals surface area (Å²) >= 11 is 1.68. The van der Waals surface area contributed by atoms with E-state index in [9.17, 15) is 9.59 Å². The molecule has 0 N–H and O–H groups in total. The van der Waals surface area contributed by atoms with Crippen molar-refractivity contribution < 1.29 is 4.74 Å². The van der Waals surface area contributed by atoms with Crippen LogP contribution < -0.4 is 11.2 Å². The summed E-state index contributed by atoms with van der Waals surface area (Å²) in [6.07, 6.45) is 1.81. The Morgan fingerprint density at radius 1 is 1.19 bits per heavy atom. The second-order valence-corrected chi connectivity index (χ2v) is 8.01. The number of rotatable bonds is 5. The summed E-state index contributed by atoms with van der Waals surface area (Å²) in [4.78, 5) is 32.8. The van der Waals surface area contributed by atoms with Gasteiger partial charge in [-0.1, -0.05) is 13.8 Å². The fraction of sp³-hybridized carbons (Fsp3) is 0.611. The topological polar surface area (TPSA) is 69.4 Å². The molecule has 0 aromatic carbocycles. The molecule has 0 unspecified atom stereocenters. The molecule has 0 amide bonds. The largest absolute Gasteiger partial charge is 0.379 e. The van der Waals surface area contributed by atoms with E-state index in [0.717, 1.165) is 49.1 Å². The van der Waals surface area contributed by atoms with Crippen molar-refractivity contribution >= 4 is 22.8 Å². The molecule has 3 rings (SSSR count). The van der Waals surface area contributed by atoms with Gasteiger partial charge in [-0.2, -0.15) is 0 Å². The Morgan fingerprint density at radius 2 is 1.88 bits per heavy atom. The summed E-state index contributed by atoms with van der Waals surface area (Å²) in [7, 11) is 3.18. The van der Waals surface area contributed by atoms with Gasteiger partial charge in [0.05, 0.1) is 18.6 Å². The maximum absolute atomic E-state index is 12.8. The van der Waals surface area contributed by atoms with Gasteiger partial charge in [0, 0.05) is 50.6 Å². The molecule has 1 aliphatic heterocycles. The van der Waals surface area contributed by atoms with Crippen molar-refractivity contribution in [3.05, 3.63) is 32.6 Å². The molecule has 0 saturated carbocycles. The van der Waals surface area contributed by atoms with Crippen molar-refractivity contribution in [3.63, 3.8) is 0 Å². The van der Waals surface area contributed by atoms with E-state index in [1.807, 2.05) is 6.20 Å². The van der Waals surface area contributed by atoms with Crippen LogP contribution in [0.4, 0.5) is 0 Å². The first-order chi connectivity index (χ1) is 12.4. The van der Waals surface area contributed by atoms with Gasteiger partial charge in [-0.15, -0.1) is 11.8 Å². The summed E-state index contributed by atoms with van der Waals surface area (Å²) in [6, 6.07) is 0.